The second-order valence-corrected chi connectivity index (χ2v) is 19.1. The van der Waals surface area contributed by atoms with Crippen LogP contribution in [0.1, 0.15) is 49.9 Å². The van der Waals surface area contributed by atoms with E-state index in [4.69, 9.17) is 61.7 Å². The van der Waals surface area contributed by atoms with Crippen molar-refractivity contribution in [2.45, 2.75) is 48.5 Å². The van der Waals surface area contributed by atoms with Crippen LogP contribution in [0.15, 0.2) is 30.4 Å². The largest absolute Gasteiger partial charge is 1.00 e. The quantitative estimate of drug-likeness (QED) is 0.132. The van der Waals surface area contributed by atoms with Crippen molar-refractivity contribution < 1.29 is 224 Å². The molecule has 0 heterocycles. The molecular formula is C32H46NO6SW10-9. The molecule has 18 heteroatoms. The zero-order valence-corrected chi connectivity index (χ0v) is 59.1. The molecule has 0 aliphatic rings. The molecule has 0 aromatic rings. The van der Waals surface area contributed by atoms with E-state index in [1.165, 1.54) is 205 Å². The smallest absolute Gasteiger partial charge is 1.00 e. The molecule has 0 aliphatic heterocycles. The molecule has 0 amide bonds. The summed E-state index contributed by atoms with van der Waals surface area (Å²) in [7, 11) is 0. The van der Waals surface area contributed by atoms with Crippen molar-refractivity contribution in [2.75, 3.05) is 33.0 Å². The van der Waals surface area contributed by atoms with Gasteiger partial charge in [-0.3, -0.25) is 0 Å². The molecule has 7 nitrogen and oxygen atoms in total. The van der Waals surface area contributed by atoms with Gasteiger partial charge in [-0.2, -0.15) is 0 Å². The number of hydrogen-bond acceptors (Lipinski definition) is 8. The zero-order chi connectivity index (χ0) is 42.0. The second kappa shape index (κ2) is 94.4. The maximum atomic E-state index is 7.36. The van der Waals surface area contributed by atoms with Gasteiger partial charge in [0.25, 0.3) is 0 Å². The molecule has 0 fully saturated rings. The summed E-state index contributed by atoms with van der Waals surface area (Å²) in [5.74, 6) is 0. The van der Waals surface area contributed by atoms with Crippen LogP contribution in [0.4, 0.5) is 0 Å². The first kappa shape index (κ1) is 78.6. The fourth-order valence-corrected chi connectivity index (χ4v) is 3.07. The molecule has 0 spiro atoms. The Balaban J connectivity index is -0.0000000396. The van der Waals surface area contributed by atoms with E-state index >= 15 is 0 Å². The van der Waals surface area contributed by atoms with Gasteiger partial charge in [-0.05, 0) is 0 Å². The van der Waals surface area contributed by atoms with Gasteiger partial charge in [0.05, 0.1) is 0 Å². The van der Waals surface area contributed by atoms with Crippen LogP contribution in [0.5, 0.6) is 0 Å². The third-order valence-corrected chi connectivity index (χ3v) is 6.67. The SMILES string of the molecule is C[C-]=[W].C[C-]=[W].N[C-]=[W].O[C-]=[W].S[C-]=[W].[CH-]=C[C](=[W])OCC.[CH-]=C[C](=[W])OCC.[CH-]=C[C](=[W])OCC.[CH-]=C[C](=[W])OCC.[CH-]=C[C](=[W])OCC.[H+]. The molecule has 0 saturated heterocycles. The van der Waals surface area contributed by atoms with Crippen molar-refractivity contribution in [3.05, 3.63) is 63.3 Å². The summed E-state index contributed by atoms with van der Waals surface area (Å²) in [4.78, 5) is 0. The van der Waals surface area contributed by atoms with E-state index < -0.39 is 0 Å². The van der Waals surface area contributed by atoms with Crippen molar-refractivity contribution in [3.8, 4) is 0 Å². The van der Waals surface area contributed by atoms with Gasteiger partial charge in [-0.25, -0.2) is 0 Å². The second-order valence-electron chi connectivity index (χ2n) is 5.30. The van der Waals surface area contributed by atoms with Gasteiger partial charge < -0.3 is 0 Å². The molecule has 0 rings (SSSR count). The Bertz CT molecular complexity index is 736. The van der Waals surface area contributed by atoms with Crippen LogP contribution in [-0.4, -0.2) is 80.2 Å². The van der Waals surface area contributed by atoms with E-state index in [0.717, 1.165) is 39.8 Å². The fraction of sp³-hybridized carbons (Fsp3) is 0.375. The normalized spacial score (nSPS) is 7.00. The molecule has 3 N–H and O–H groups in total. The molecule has 0 aliphatic carbocycles. The van der Waals surface area contributed by atoms with Gasteiger partial charge in [0, 0.05) is 0 Å². The van der Waals surface area contributed by atoms with Crippen molar-refractivity contribution in [1.29, 1.82) is 0 Å². The summed E-state index contributed by atoms with van der Waals surface area (Å²) < 4.78 is 41.5. The minimum Gasteiger partial charge on any atom is 1.00 e. The topological polar surface area (TPSA) is 92.4 Å². The van der Waals surface area contributed by atoms with Crippen LogP contribution >= 0.6 is 12.6 Å². The predicted molar refractivity (Wildman–Crippen MR) is 180 cm³/mol. The summed E-state index contributed by atoms with van der Waals surface area (Å²) in [6.07, 6.45) is 7.42. The molecule has 290 valence electrons. The average Bonchev–Trinajstić information content (AvgIpc) is 3.08. The molecule has 0 aromatic carbocycles. The van der Waals surface area contributed by atoms with Gasteiger partial charge in [-0.15, -0.1) is 0 Å². The van der Waals surface area contributed by atoms with Crippen LogP contribution in [0.25, 0.3) is 0 Å². The summed E-state index contributed by atoms with van der Waals surface area (Å²) in [6.45, 7) is 42.5. The molecule has 0 atom stereocenters. The van der Waals surface area contributed by atoms with Crippen molar-refractivity contribution in [2.24, 2.45) is 5.73 Å². The minimum absolute atomic E-state index is 0. The zero-order valence-electron chi connectivity index (χ0n) is 29.9. The number of aliphatic hydroxyl groups excluding tert-OH is 1. The molecule has 0 aromatic heterocycles. The first-order valence-corrected chi connectivity index (χ1v) is 28.0. The Morgan fingerprint density at radius 3 is 0.660 bits per heavy atom. The molecule has 0 saturated carbocycles. The van der Waals surface area contributed by atoms with E-state index in [9.17, 15) is 0 Å². The molecule has 0 radical (unpaired) electrons. The molecular weight excluding hydrogens is 2360 g/mol. The van der Waals surface area contributed by atoms with Gasteiger partial charge in [-0.1, -0.05) is 0 Å². The van der Waals surface area contributed by atoms with Crippen molar-refractivity contribution >= 4 is 54.7 Å². The Labute approximate surface area is 422 Å². The van der Waals surface area contributed by atoms with Crippen LogP contribution in [-0.2, 0) is 217 Å². The number of aliphatic hydroxyl groups is 1. The van der Waals surface area contributed by atoms with Crippen LogP contribution < -0.4 is 5.73 Å². The van der Waals surface area contributed by atoms with E-state index in [-0.39, 0.29) is 1.43 Å². The third-order valence-electron chi connectivity index (χ3n) is 2.11. The number of thiol groups is 1. The van der Waals surface area contributed by atoms with Crippen molar-refractivity contribution in [3.63, 3.8) is 0 Å². The number of hydrogen-bond donors (Lipinski definition) is 3. The Morgan fingerprint density at radius 2 is 0.640 bits per heavy atom. The summed E-state index contributed by atoms with van der Waals surface area (Å²) in [6, 6.07) is 0. The Hall–Kier alpha value is 4.35. The standard InChI is InChI=1S/5C5H7O.2C2H3.CH2N.CHO.CHS.10W/c5*1-3-5-6-4-2;5*1-2;;;;;;;;;;/h5*1,3H,4H2,2H3;2*1H3;2H2;2*2H;;;;;;;;;;/q10*-1;;;;;;;;;;/p+1. The van der Waals surface area contributed by atoms with E-state index in [2.05, 4.69) is 35.4 Å². The van der Waals surface area contributed by atoms with E-state index in [1.807, 2.05) is 53.1 Å². The fourth-order valence-electron chi connectivity index (χ4n) is 0.952. The first-order chi connectivity index (χ1) is 23.6. The third kappa shape index (κ3) is 160. The Morgan fingerprint density at radius 1 is 0.560 bits per heavy atom. The van der Waals surface area contributed by atoms with E-state index in [0.29, 0.717) is 33.0 Å². The van der Waals surface area contributed by atoms with Crippen LogP contribution in [0.2, 0.25) is 0 Å². The molecule has 0 bridgehead atoms. The summed E-state index contributed by atoms with van der Waals surface area (Å²) in [5.41, 5.74) is 4.63. The number of nitrogens with two attached hydrogens (primary N) is 1. The maximum absolute atomic E-state index is 7.36. The van der Waals surface area contributed by atoms with Crippen LogP contribution in [0.3, 0.4) is 0 Å². The van der Waals surface area contributed by atoms with Gasteiger partial charge in [0.15, 0.2) is 0 Å². The maximum Gasteiger partial charge on any atom is 1.00 e. The van der Waals surface area contributed by atoms with Crippen molar-refractivity contribution in [1.82, 2.24) is 0 Å². The molecule has 50 heavy (non-hydrogen) atoms. The van der Waals surface area contributed by atoms with Gasteiger partial charge >= 0.3 is 429 Å². The van der Waals surface area contributed by atoms with Crippen LogP contribution in [0, 0.1) is 32.9 Å². The number of ether oxygens (including phenoxy) is 5. The summed E-state index contributed by atoms with van der Waals surface area (Å²) in [5, 5.41) is 7.36. The monoisotopic (exact) mass is 2410 g/mol. The average molecular weight is 2410 g/mol. The minimum atomic E-state index is 0. The van der Waals surface area contributed by atoms with Gasteiger partial charge in [0.2, 0.25) is 0 Å². The van der Waals surface area contributed by atoms with E-state index in [1.54, 1.807) is 0 Å². The van der Waals surface area contributed by atoms with Gasteiger partial charge in [0.1, 0.15) is 0 Å². The Kier molecular flexibility index (Phi) is 149. The predicted octanol–water partition coefficient (Wildman–Crippen LogP) is 2.79. The number of rotatable bonds is 15. The summed E-state index contributed by atoms with van der Waals surface area (Å²) >= 11 is 16.3. The first-order valence-electron chi connectivity index (χ1n) is 12.9. The molecule has 0 unspecified atom stereocenters.